The number of nitrogens with zero attached hydrogens (tertiary/aromatic N) is 1. The van der Waals surface area contributed by atoms with Crippen LogP contribution < -0.4 is 10.2 Å². The lowest BCUT2D eigenvalue weighted by Gasteiger charge is -2.37. The summed E-state index contributed by atoms with van der Waals surface area (Å²) in [5.41, 5.74) is 6.20. The number of ketones is 1. The maximum absolute atomic E-state index is 13.7. The molecule has 2 aromatic carbocycles. The molecule has 5 heteroatoms. The first-order chi connectivity index (χ1) is 17.0. The molecule has 1 aliphatic heterocycles. The monoisotopic (exact) mass is 472 g/mol. The molecule has 184 valence electrons. The van der Waals surface area contributed by atoms with Crippen molar-refractivity contribution >= 4 is 17.4 Å². The average molecular weight is 473 g/mol. The van der Waals surface area contributed by atoms with E-state index in [0.29, 0.717) is 24.2 Å². The third-order valence-corrected chi connectivity index (χ3v) is 7.11. The van der Waals surface area contributed by atoms with Gasteiger partial charge in [0.05, 0.1) is 12.2 Å². The van der Waals surface area contributed by atoms with E-state index in [-0.39, 0.29) is 17.7 Å². The van der Waals surface area contributed by atoms with E-state index in [9.17, 15) is 9.59 Å². The fourth-order valence-electron chi connectivity index (χ4n) is 5.34. The number of carbonyl (C=O) groups is 2. The van der Waals surface area contributed by atoms with Crippen molar-refractivity contribution in [1.82, 2.24) is 5.32 Å². The number of benzene rings is 2. The number of dihydropyridines is 1. The van der Waals surface area contributed by atoms with Crippen molar-refractivity contribution in [2.24, 2.45) is 0 Å². The predicted molar refractivity (Wildman–Crippen MR) is 140 cm³/mol. The summed E-state index contributed by atoms with van der Waals surface area (Å²) in [7, 11) is 0. The number of anilines is 1. The number of ether oxygens (including phenoxy) is 1. The number of Topliss-reactive ketones (excluding diaryl/α,β-unsaturated/α-hetero) is 1. The molecule has 0 aromatic heterocycles. The molecule has 0 fully saturated rings. The van der Waals surface area contributed by atoms with Crippen molar-refractivity contribution in [3.05, 3.63) is 88.3 Å². The molecule has 0 saturated heterocycles. The van der Waals surface area contributed by atoms with Crippen molar-refractivity contribution in [1.29, 1.82) is 0 Å². The lowest BCUT2D eigenvalue weighted by atomic mass is 9.71. The van der Waals surface area contributed by atoms with Crippen LogP contribution in [0.5, 0.6) is 0 Å². The molecule has 1 aliphatic carbocycles. The van der Waals surface area contributed by atoms with Crippen LogP contribution in [-0.4, -0.2) is 31.4 Å². The van der Waals surface area contributed by atoms with Gasteiger partial charge in [0.25, 0.3) is 0 Å². The smallest absolute Gasteiger partial charge is 0.336 e. The number of esters is 1. The second-order valence-corrected chi connectivity index (χ2v) is 9.33. The molecule has 0 bridgehead atoms. The molecule has 2 aromatic rings. The molecule has 35 heavy (non-hydrogen) atoms. The van der Waals surface area contributed by atoms with Gasteiger partial charge in [-0.25, -0.2) is 4.79 Å². The summed E-state index contributed by atoms with van der Waals surface area (Å²) in [5, 5.41) is 3.43. The summed E-state index contributed by atoms with van der Waals surface area (Å²) in [6, 6.07) is 18.5. The quantitative estimate of drug-likeness (QED) is 0.489. The lowest BCUT2D eigenvalue weighted by molar-refractivity contribution is -0.139. The van der Waals surface area contributed by atoms with Crippen molar-refractivity contribution in [2.75, 3.05) is 24.6 Å². The van der Waals surface area contributed by atoms with E-state index < -0.39 is 5.92 Å². The molecule has 0 spiro atoms. The number of allylic oxidation sites excluding steroid dienone is 3. The Morgan fingerprint density at radius 3 is 2.29 bits per heavy atom. The highest BCUT2D eigenvalue weighted by atomic mass is 16.5. The van der Waals surface area contributed by atoms with Gasteiger partial charge in [-0.05, 0) is 62.8 Å². The first kappa shape index (κ1) is 24.8. The number of rotatable bonds is 8. The van der Waals surface area contributed by atoms with Gasteiger partial charge in [-0.3, -0.25) is 4.79 Å². The van der Waals surface area contributed by atoms with Crippen LogP contribution in [0.2, 0.25) is 0 Å². The van der Waals surface area contributed by atoms with Crippen molar-refractivity contribution in [3.8, 4) is 0 Å². The highest BCUT2D eigenvalue weighted by Crippen LogP contribution is 2.45. The molecule has 1 heterocycles. The zero-order valence-electron chi connectivity index (χ0n) is 21.3. The largest absolute Gasteiger partial charge is 0.462 e. The normalized spacial score (nSPS) is 19.8. The Balaban J connectivity index is 1.76. The van der Waals surface area contributed by atoms with E-state index in [1.54, 1.807) is 0 Å². The van der Waals surface area contributed by atoms with Crippen molar-refractivity contribution in [3.63, 3.8) is 0 Å². The summed E-state index contributed by atoms with van der Waals surface area (Å²) in [6.07, 6.45) is 1.93. The lowest BCUT2D eigenvalue weighted by Crippen LogP contribution is -2.36. The predicted octanol–water partition coefficient (Wildman–Crippen LogP) is 5.85. The Hall–Kier alpha value is -3.34. The van der Waals surface area contributed by atoms with Crippen LogP contribution in [0.3, 0.4) is 0 Å². The molecule has 2 aliphatic rings. The van der Waals surface area contributed by atoms with Crippen LogP contribution in [0.25, 0.3) is 0 Å². The molecule has 1 N–H and O–H groups in total. The van der Waals surface area contributed by atoms with Crippen LogP contribution >= 0.6 is 0 Å². The molecule has 5 nitrogen and oxygen atoms in total. The van der Waals surface area contributed by atoms with E-state index in [1.807, 2.05) is 32.0 Å². The Morgan fingerprint density at radius 1 is 0.971 bits per heavy atom. The van der Waals surface area contributed by atoms with Gasteiger partial charge in [-0.1, -0.05) is 49.4 Å². The molecule has 0 unspecified atom stereocenters. The Morgan fingerprint density at radius 2 is 1.66 bits per heavy atom. The molecule has 4 rings (SSSR count). The van der Waals surface area contributed by atoms with E-state index in [0.717, 1.165) is 48.6 Å². The fraction of sp³-hybridized carbons (Fsp3) is 0.400. The second kappa shape index (κ2) is 10.9. The molecule has 0 amide bonds. The number of nitrogens with one attached hydrogen (secondary N) is 1. The van der Waals surface area contributed by atoms with Gasteiger partial charge in [-0.2, -0.15) is 0 Å². The molecule has 2 atom stereocenters. The summed E-state index contributed by atoms with van der Waals surface area (Å²) in [6.45, 7) is 10.4. The van der Waals surface area contributed by atoms with E-state index in [1.165, 1.54) is 5.56 Å². The standard InChI is InChI=1S/C30H36N2O3/c1-5-17-35-30(34)27-20(4)31-25-18-23(21-11-9-8-10-12-21)19-26(33)29(25)28(27)22-13-15-24(16-14-22)32(6-2)7-3/h8-16,23,28,31H,5-7,17-19H2,1-4H3/t23-,28+/m0/s1. The van der Waals surface area contributed by atoms with Crippen LogP contribution in [-0.2, 0) is 14.3 Å². The minimum absolute atomic E-state index is 0.0960. The minimum atomic E-state index is -0.425. The van der Waals surface area contributed by atoms with Gasteiger partial charge in [-0.15, -0.1) is 0 Å². The van der Waals surface area contributed by atoms with Gasteiger partial charge in [0.15, 0.2) is 5.78 Å². The van der Waals surface area contributed by atoms with E-state index in [2.05, 4.69) is 60.5 Å². The molecular weight excluding hydrogens is 436 g/mol. The third-order valence-electron chi connectivity index (χ3n) is 7.11. The first-order valence-electron chi connectivity index (χ1n) is 12.8. The van der Waals surface area contributed by atoms with Crippen LogP contribution in [0.4, 0.5) is 5.69 Å². The van der Waals surface area contributed by atoms with Crippen molar-refractivity contribution < 1.29 is 14.3 Å². The maximum Gasteiger partial charge on any atom is 0.336 e. The fourth-order valence-corrected chi connectivity index (χ4v) is 5.34. The average Bonchev–Trinajstić information content (AvgIpc) is 2.88. The molecule has 0 saturated carbocycles. The highest BCUT2D eigenvalue weighted by molar-refractivity contribution is 6.04. The molecular formula is C30H36N2O3. The molecule has 0 radical (unpaired) electrons. The number of carbonyl (C=O) groups excluding carboxylic acids is 2. The summed E-state index contributed by atoms with van der Waals surface area (Å²) in [4.78, 5) is 29.2. The summed E-state index contributed by atoms with van der Waals surface area (Å²) in [5.74, 6) is -0.550. The Bertz CT molecular complexity index is 1130. The minimum Gasteiger partial charge on any atom is -0.462 e. The van der Waals surface area contributed by atoms with Gasteiger partial charge in [0, 0.05) is 48.1 Å². The topological polar surface area (TPSA) is 58.6 Å². The van der Waals surface area contributed by atoms with E-state index >= 15 is 0 Å². The van der Waals surface area contributed by atoms with E-state index in [4.69, 9.17) is 4.74 Å². The van der Waals surface area contributed by atoms with Gasteiger partial charge in [0.2, 0.25) is 0 Å². The van der Waals surface area contributed by atoms with Gasteiger partial charge < -0.3 is 15.0 Å². The van der Waals surface area contributed by atoms with Crippen LogP contribution in [0.1, 0.15) is 69.9 Å². The zero-order chi connectivity index (χ0) is 24.9. The SMILES string of the molecule is CCCOC(=O)C1=C(C)NC2=C(C(=O)C[C@@H](c3ccccc3)C2)[C@@H]1c1ccc(N(CC)CC)cc1. The van der Waals surface area contributed by atoms with Gasteiger partial charge in [0.1, 0.15) is 0 Å². The summed E-state index contributed by atoms with van der Waals surface area (Å²) < 4.78 is 5.58. The Kier molecular flexibility index (Phi) is 7.74. The van der Waals surface area contributed by atoms with Gasteiger partial charge >= 0.3 is 5.97 Å². The third kappa shape index (κ3) is 5.04. The Labute approximate surface area is 208 Å². The summed E-state index contributed by atoms with van der Waals surface area (Å²) >= 11 is 0. The highest BCUT2D eigenvalue weighted by Gasteiger charge is 2.41. The first-order valence-corrected chi connectivity index (χ1v) is 12.8. The maximum atomic E-state index is 13.7. The second-order valence-electron chi connectivity index (χ2n) is 9.33. The zero-order valence-corrected chi connectivity index (χ0v) is 21.3. The number of hydrogen-bond donors (Lipinski definition) is 1. The van der Waals surface area contributed by atoms with Crippen molar-refractivity contribution in [2.45, 2.75) is 58.8 Å². The van der Waals surface area contributed by atoms with Crippen LogP contribution in [0, 0.1) is 0 Å². The number of hydrogen-bond acceptors (Lipinski definition) is 5. The van der Waals surface area contributed by atoms with Crippen LogP contribution in [0.15, 0.2) is 77.1 Å².